The van der Waals surface area contributed by atoms with Crippen LogP contribution in [0, 0.1) is 0 Å². The van der Waals surface area contributed by atoms with Crippen LogP contribution in [0.2, 0.25) is 0 Å². The summed E-state index contributed by atoms with van der Waals surface area (Å²) in [6.45, 7) is 2.49. The minimum atomic E-state index is -3.24. The Kier molecular flexibility index (Phi) is 7.10. The van der Waals surface area contributed by atoms with Gasteiger partial charge in [-0.1, -0.05) is 0 Å². The molecule has 0 bridgehead atoms. The largest absolute Gasteiger partial charge is 0.383 e. The van der Waals surface area contributed by atoms with Crippen molar-refractivity contribution < 1.29 is 17.9 Å². The fourth-order valence-corrected chi connectivity index (χ4v) is 3.74. The molecule has 1 unspecified atom stereocenters. The molecular weight excluding hydrogens is 256 g/mol. The molecule has 1 aliphatic rings. The number of hydrogen-bond acceptors (Lipinski definition) is 5. The second-order valence-corrected chi connectivity index (χ2v) is 6.47. The van der Waals surface area contributed by atoms with Crippen molar-refractivity contribution in [3.63, 3.8) is 0 Å². The van der Waals surface area contributed by atoms with Gasteiger partial charge in [0.1, 0.15) is 0 Å². The highest BCUT2D eigenvalue weighted by Gasteiger charge is 2.27. The third kappa shape index (κ3) is 5.19. The van der Waals surface area contributed by atoms with Crippen molar-refractivity contribution in [1.82, 2.24) is 9.62 Å². The zero-order valence-electron chi connectivity index (χ0n) is 11.2. The van der Waals surface area contributed by atoms with E-state index in [1.54, 1.807) is 14.2 Å². The Morgan fingerprint density at radius 1 is 1.22 bits per heavy atom. The van der Waals surface area contributed by atoms with Crippen molar-refractivity contribution in [3.8, 4) is 0 Å². The summed E-state index contributed by atoms with van der Waals surface area (Å²) in [4.78, 5) is 0. The third-order valence-electron chi connectivity index (χ3n) is 3.06. The average Bonchev–Trinajstić information content (AvgIpc) is 2.81. The van der Waals surface area contributed by atoms with Gasteiger partial charge >= 0.3 is 0 Å². The van der Waals surface area contributed by atoms with Crippen molar-refractivity contribution in [1.29, 1.82) is 0 Å². The first-order valence-electron chi connectivity index (χ1n) is 6.29. The standard InChI is InChI=1S/C11H24N2O4S/c1-16-8-6-13(7-9-17-2)18(14,15)10-11-4-3-5-12-11/h11-12H,3-10H2,1-2H3. The van der Waals surface area contributed by atoms with Gasteiger partial charge in [0.25, 0.3) is 0 Å². The van der Waals surface area contributed by atoms with Crippen molar-refractivity contribution in [3.05, 3.63) is 0 Å². The van der Waals surface area contributed by atoms with Gasteiger partial charge < -0.3 is 14.8 Å². The van der Waals surface area contributed by atoms with E-state index in [1.165, 1.54) is 4.31 Å². The molecule has 6 nitrogen and oxygen atoms in total. The van der Waals surface area contributed by atoms with Crippen molar-refractivity contribution in [2.45, 2.75) is 18.9 Å². The first-order valence-corrected chi connectivity index (χ1v) is 7.90. The van der Waals surface area contributed by atoms with Crippen LogP contribution in [0.1, 0.15) is 12.8 Å². The number of nitrogens with one attached hydrogen (secondary N) is 1. The summed E-state index contributed by atoms with van der Waals surface area (Å²) in [6, 6.07) is 0.0857. The van der Waals surface area contributed by atoms with Crippen LogP contribution in [0.15, 0.2) is 0 Å². The molecule has 1 heterocycles. The van der Waals surface area contributed by atoms with E-state index >= 15 is 0 Å². The number of nitrogens with zero attached hydrogens (tertiary/aromatic N) is 1. The number of ether oxygens (including phenoxy) is 2. The lowest BCUT2D eigenvalue weighted by Gasteiger charge is -2.23. The summed E-state index contributed by atoms with van der Waals surface area (Å²) in [5.74, 6) is 0.167. The Morgan fingerprint density at radius 2 is 1.83 bits per heavy atom. The maximum absolute atomic E-state index is 12.3. The zero-order chi connectivity index (χ0) is 13.4. The van der Waals surface area contributed by atoms with E-state index < -0.39 is 10.0 Å². The maximum atomic E-state index is 12.3. The monoisotopic (exact) mass is 280 g/mol. The van der Waals surface area contributed by atoms with E-state index in [-0.39, 0.29) is 11.8 Å². The smallest absolute Gasteiger partial charge is 0.215 e. The second kappa shape index (κ2) is 8.06. The number of methoxy groups -OCH3 is 2. The predicted octanol–water partition coefficient (Wildman–Crippen LogP) is -0.337. The quantitative estimate of drug-likeness (QED) is 0.626. The van der Waals surface area contributed by atoms with Gasteiger partial charge in [-0.2, -0.15) is 4.31 Å². The molecule has 0 saturated carbocycles. The summed E-state index contributed by atoms with van der Waals surface area (Å²) < 4.78 is 35.9. The highest BCUT2D eigenvalue weighted by molar-refractivity contribution is 7.89. The first-order chi connectivity index (χ1) is 8.60. The van der Waals surface area contributed by atoms with Crippen LogP contribution in [0.4, 0.5) is 0 Å². The van der Waals surface area contributed by atoms with E-state index in [1.807, 2.05) is 0 Å². The normalized spacial score (nSPS) is 20.7. The topological polar surface area (TPSA) is 67.9 Å². The van der Waals surface area contributed by atoms with Gasteiger partial charge in [-0.05, 0) is 19.4 Å². The number of hydrogen-bond donors (Lipinski definition) is 1. The molecule has 0 spiro atoms. The van der Waals surface area contributed by atoms with Gasteiger partial charge in [0, 0.05) is 33.4 Å². The van der Waals surface area contributed by atoms with Crippen molar-refractivity contribution in [2.24, 2.45) is 0 Å². The SMILES string of the molecule is COCCN(CCOC)S(=O)(=O)CC1CCCN1. The van der Waals surface area contributed by atoms with Crippen LogP contribution in [0.3, 0.4) is 0 Å². The molecule has 18 heavy (non-hydrogen) atoms. The minimum Gasteiger partial charge on any atom is -0.383 e. The lowest BCUT2D eigenvalue weighted by molar-refractivity contribution is 0.150. The number of sulfonamides is 1. The van der Waals surface area contributed by atoms with Gasteiger partial charge in [0.15, 0.2) is 0 Å². The van der Waals surface area contributed by atoms with Crippen LogP contribution in [0.5, 0.6) is 0 Å². The summed E-state index contributed by atoms with van der Waals surface area (Å²) in [6.07, 6.45) is 1.98. The molecule has 0 aromatic carbocycles. The predicted molar refractivity (Wildman–Crippen MR) is 70.1 cm³/mol. The molecule has 1 aliphatic heterocycles. The molecule has 0 aromatic rings. The first kappa shape index (κ1) is 15.8. The molecule has 108 valence electrons. The van der Waals surface area contributed by atoms with Crippen LogP contribution in [-0.4, -0.2) is 71.6 Å². The Hall–Kier alpha value is -0.210. The third-order valence-corrected chi connectivity index (χ3v) is 5.03. The van der Waals surface area contributed by atoms with E-state index in [9.17, 15) is 8.42 Å². The Balaban J connectivity index is 2.55. The average molecular weight is 280 g/mol. The van der Waals surface area contributed by atoms with E-state index in [0.29, 0.717) is 26.3 Å². The molecule has 1 saturated heterocycles. The Bertz CT molecular complexity index is 307. The van der Waals surface area contributed by atoms with Crippen LogP contribution in [-0.2, 0) is 19.5 Å². The maximum Gasteiger partial charge on any atom is 0.215 e. The van der Waals surface area contributed by atoms with Gasteiger partial charge in [-0.3, -0.25) is 0 Å². The summed E-state index contributed by atoms with van der Waals surface area (Å²) >= 11 is 0. The van der Waals surface area contributed by atoms with Gasteiger partial charge in [-0.15, -0.1) is 0 Å². The summed E-state index contributed by atoms with van der Waals surface area (Å²) in [5, 5.41) is 3.21. The van der Waals surface area contributed by atoms with Gasteiger partial charge in [0.05, 0.1) is 19.0 Å². The molecule has 0 aliphatic carbocycles. The molecule has 1 fully saturated rings. The van der Waals surface area contributed by atoms with E-state index in [0.717, 1.165) is 19.4 Å². The van der Waals surface area contributed by atoms with Crippen LogP contribution in [0.25, 0.3) is 0 Å². The molecule has 0 aromatic heterocycles. The van der Waals surface area contributed by atoms with Crippen molar-refractivity contribution in [2.75, 3.05) is 52.8 Å². The fourth-order valence-electron chi connectivity index (χ4n) is 2.03. The molecular formula is C11H24N2O4S. The van der Waals surface area contributed by atoms with Gasteiger partial charge in [0.2, 0.25) is 10.0 Å². The number of rotatable bonds is 9. The Morgan fingerprint density at radius 3 is 2.28 bits per heavy atom. The van der Waals surface area contributed by atoms with E-state index in [4.69, 9.17) is 9.47 Å². The molecule has 0 radical (unpaired) electrons. The zero-order valence-corrected chi connectivity index (χ0v) is 12.0. The van der Waals surface area contributed by atoms with Crippen molar-refractivity contribution >= 4 is 10.0 Å². The molecule has 1 atom stereocenters. The van der Waals surface area contributed by atoms with Crippen LogP contribution >= 0.6 is 0 Å². The molecule has 0 amide bonds. The second-order valence-electron chi connectivity index (χ2n) is 4.46. The molecule has 1 rings (SSSR count). The lowest BCUT2D eigenvalue weighted by atomic mass is 10.3. The molecule has 7 heteroatoms. The summed E-state index contributed by atoms with van der Waals surface area (Å²) in [5.41, 5.74) is 0. The minimum absolute atomic E-state index is 0.0857. The highest BCUT2D eigenvalue weighted by atomic mass is 32.2. The molecule has 1 N–H and O–H groups in total. The highest BCUT2D eigenvalue weighted by Crippen LogP contribution is 2.11. The van der Waals surface area contributed by atoms with E-state index in [2.05, 4.69) is 5.32 Å². The van der Waals surface area contributed by atoms with Gasteiger partial charge in [-0.25, -0.2) is 8.42 Å². The fraction of sp³-hybridized carbons (Fsp3) is 1.00. The Labute approximate surface area is 110 Å². The van der Waals surface area contributed by atoms with Crippen LogP contribution < -0.4 is 5.32 Å². The lowest BCUT2D eigenvalue weighted by Crippen LogP contribution is -2.42. The summed E-state index contributed by atoms with van der Waals surface area (Å²) in [7, 11) is -0.101.